The van der Waals surface area contributed by atoms with Crippen molar-refractivity contribution >= 4 is 39.9 Å². The maximum Gasteiger partial charge on any atom is 0.129 e. The van der Waals surface area contributed by atoms with E-state index in [9.17, 15) is 0 Å². The van der Waals surface area contributed by atoms with E-state index in [1.54, 1.807) is 0 Å². The van der Waals surface area contributed by atoms with E-state index in [4.69, 9.17) is 28.2 Å². The molecule has 5 heteroatoms. The van der Waals surface area contributed by atoms with Gasteiger partial charge in [-0.2, -0.15) is 0 Å². The third-order valence-corrected chi connectivity index (χ3v) is 6.63. The lowest BCUT2D eigenvalue weighted by molar-refractivity contribution is 0.249. The van der Waals surface area contributed by atoms with Gasteiger partial charge < -0.3 is 4.90 Å². The van der Waals surface area contributed by atoms with Crippen LogP contribution >= 0.6 is 23.2 Å². The Morgan fingerprint density at radius 3 is 2.23 bits per heavy atom. The molecule has 0 unspecified atom stereocenters. The van der Waals surface area contributed by atoms with Gasteiger partial charge in [0.25, 0.3) is 0 Å². The number of benzene rings is 3. The van der Waals surface area contributed by atoms with Gasteiger partial charge in [0.2, 0.25) is 0 Å². The van der Waals surface area contributed by atoms with Crippen LogP contribution in [0.1, 0.15) is 5.56 Å². The third kappa shape index (κ3) is 4.54. The lowest BCUT2D eigenvalue weighted by Gasteiger charge is -2.35. The van der Waals surface area contributed by atoms with Crippen molar-refractivity contribution in [2.24, 2.45) is 0 Å². The molecule has 0 saturated carbocycles. The first kappa shape index (κ1) is 20.3. The fourth-order valence-corrected chi connectivity index (χ4v) is 4.40. The summed E-state index contributed by atoms with van der Waals surface area (Å²) in [5, 5.41) is 2.36. The summed E-state index contributed by atoms with van der Waals surface area (Å²) < 4.78 is 0. The van der Waals surface area contributed by atoms with Crippen molar-refractivity contribution < 1.29 is 0 Å². The largest absolute Gasteiger partial charge is 0.354 e. The monoisotopic (exact) mass is 447 g/mol. The smallest absolute Gasteiger partial charge is 0.129 e. The van der Waals surface area contributed by atoms with E-state index in [-0.39, 0.29) is 0 Å². The molecule has 0 radical (unpaired) electrons. The lowest BCUT2D eigenvalue weighted by atomic mass is 10.0. The molecule has 0 aliphatic carbocycles. The first-order chi connectivity index (χ1) is 15.2. The molecule has 0 amide bonds. The Kier molecular flexibility index (Phi) is 5.82. The van der Waals surface area contributed by atoms with Gasteiger partial charge in [0.05, 0.1) is 15.6 Å². The number of aromatic nitrogens is 1. The average molecular weight is 448 g/mol. The normalized spacial score (nSPS) is 14.8. The molecule has 31 heavy (non-hydrogen) atoms. The van der Waals surface area contributed by atoms with Gasteiger partial charge in [0.15, 0.2) is 0 Å². The summed E-state index contributed by atoms with van der Waals surface area (Å²) in [5.41, 5.74) is 4.61. The van der Waals surface area contributed by atoms with Crippen LogP contribution in [0.5, 0.6) is 0 Å². The number of pyridine rings is 1. The van der Waals surface area contributed by atoms with Crippen LogP contribution in [0, 0.1) is 0 Å². The number of nitrogens with zero attached hydrogens (tertiary/aromatic N) is 3. The second-order valence-electron chi connectivity index (χ2n) is 7.95. The Balaban J connectivity index is 1.20. The zero-order chi connectivity index (χ0) is 21.2. The highest BCUT2D eigenvalue weighted by Crippen LogP contribution is 2.29. The van der Waals surface area contributed by atoms with Crippen molar-refractivity contribution in [2.45, 2.75) is 6.54 Å². The van der Waals surface area contributed by atoms with Crippen molar-refractivity contribution in [3.63, 3.8) is 0 Å². The molecule has 156 valence electrons. The van der Waals surface area contributed by atoms with Crippen LogP contribution in [0.15, 0.2) is 78.9 Å². The highest BCUT2D eigenvalue weighted by molar-refractivity contribution is 6.42. The Morgan fingerprint density at radius 2 is 1.45 bits per heavy atom. The quantitative estimate of drug-likeness (QED) is 0.354. The van der Waals surface area contributed by atoms with Gasteiger partial charge in [0, 0.05) is 38.1 Å². The minimum atomic E-state index is 0.583. The van der Waals surface area contributed by atoms with E-state index in [0.717, 1.165) is 55.2 Å². The summed E-state index contributed by atoms with van der Waals surface area (Å²) in [6.07, 6.45) is 0. The van der Waals surface area contributed by atoms with Gasteiger partial charge in [-0.1, -0.05) is 71.7 Å². The maximum atomic E-state index is 6.16. The molecule has 0 spiro atoms. The topological polar surface area (TPSA) is 19.4 Å². The van der Waals surface area contributed by atoms with Crippen LogP contribution < -0.4 is 4.90 Å². The number of hydrogen-bond acceptors (Lipinski definition) is 3. The van der Waals surface area contributed by atoms with Crippen LogP contribution in [0.4, 0.5) is 5.82 Å². The Bertz CT molecular complexity index is 1200. The summed E-state index contributed by atoms with van der Waals surface area (Å²) >= 11 is 12.2. The number of fused-ring (bicyclic) bond motifs is 1. The number of anilines is 1. The summed E-state index contributed by atoms with van der Waals surface area (Å²) in [7, 11) is 0. The van der Waals surface area contributed by atoms with E-state index in [1.807, 2.05) is 24.3 Å². The van der Waals surface area contributed by atoms with Gasteiger partial charge in [0.1, 0.15) is 5.82 Å². The van der Waals surface area contributed by atoms with Crippen LogP contribution in [-0.2, 0) is 6.54 Å². The van der Waals surface area contributed by atoms with Crippen LogP contribution in [0.2, 0.25) is 10.0 Å². The molecule has 0 bridgehead atoms. The minimum absolute atomic E-state index is 0.583. The van der Waals surface area contributed by atoms with Gasteiger partial charge in [-0.05, 0) is 47.0 Å². The predicted molar refractivity (Wildman–Crippen MR) is 131 cm³/mol. The fraction of sp³-hybridized carbons (Fsp3) is 0.192. The zero-order valence-corrected chi connectivity index (χ0v) is 18.7. The maximum absolute atomic E-state index is 6.16. The van der Waals surface area contributed by atoms with E-state index < -0.39 is 0 Å². The highest BCUT2D eigenvalue weighted by atomic mass is 35.5. The number of para-hydroxylation sites is 1. The first-order valence-corrected chi connectivity index (χ1v) is 11.3. The highest BCUT2D eigenvalue weighted by Gasteiger charge is 2.18. The second kappa shape index (κ2) is 8.88. The number of piperazine rings is 1. The van der Waals surface area contributed by atoms with Crippen molar-refractivity contribution in [1.82, 2.24) is 9.88 Å². The van der Waals surface area contributed by atoms with Gasteiger partial charge >= 0.3 is 0 Å². The van der Waals surface area contributed by atoms with Crippen molar-refractivity contribution in [3.05, 3.63) is 94.5 Å². The van der Waals surface area contributed by atoms with Gasteiger partial charge in [-0.3, -0.25) is 4.90 Å². The molecule has 0 N–H and O–H groups in total. The van der Waals surface area contributed by atoms with E-state index in [0.29, 0.717) is 10.0 Å². The molecular formula is C26H23Cl2N3. The second-order valence-corrected chi connectivity index (χ2v) is 8.77. The van der Waals surface area contributed by atoms with E-state index >= 15 is 0 Å². The lowest BCUT2D eigenvalue weighted by Crippen LogP contribution is -2.46. The summed E-state index contributed by atoms with van der Waals surface area (Å²) in [6, 6.07) is 27.1. The van der Waals surface area contributed by atoms with Crippen molar-refractivity contribution in [2.75, 3.05) is 31.1 Å². The summed E-state index contributed by atoms with van der Waals surface area (Å²) in [4.78, 5) is 9.74. The minimum Gasteiger partial charge on any atom is -0.354 e. The molecule has 0 atom stereocenters. The molecule has 1 aliphatic rings. The van der Waals surface area contributed by atoms with Gasteiger partial charge in [-0.25, -0.2) is 4.98 Å². The fourth-order valence-electron chi connectivity index (χ4n) is 4.10. The molecule has 1 saturated heterocycles. The molecule has 3 aromatic carbocycles. The van der Waals surface area contributed by atoms with E-state index in [2.05, 4.69) is 64.4 Å². The molecule has 1 aliphatic heterocycles. The molecule has 1 fully saturated rings. The summed E-state index contributed by atoms with van der Waals surface area (Å²) in [6.45, 7) is 5.01. The number of rotatable bonds is 4. The van der Waals surface area contributed by atoms with Crippen molar-refractivity contribution in [1.29, 1.82) is 0 Å². The Labute approximate surface area is 192 Å². The molecule has 1 aromatic heterocycles. The molecule has 2 heterocycles. The predicted octanol–water partition coefficient (Wildman–Crippen LogP) is 6.53. The summed E-state index contributed by atoms with van der Waals surface area (Å²) in [5.74, 6) is 1.07. The Morgan fingerprint density at radius 1 is 0.710 bits per heavy atom. The molecule has 5 rings (SSSR count). The van der Waals surface area contributed by atoms with Crippen LogP contribution in [0.3, 0.4) is 0 Å². The molecule has 4 aromatic rings. The third-order valence-electron chi connectivity index (χ3n) is 5.89. The van der Waals surface area contributed by atoms with Crippen molar-refractivity contribution in [3.8, 4) is 11.1 Å². The molecular weight excluding hydrogens is 425 g/mol. The van der Waals surface area contributed by atoms with Crippen LogP contribution in [-0.4, -0.2) is 36.1 Å². The first-order valence-electron chi connectivity index (χ1n) is 10.5. The van der Waals surface area contributed by atoms with Gasteiger partial charge in [-0.15, -0.1) is 0 Å². The number of halogens is 2. The standard InChI is InChI=1S/C26H23Cl2N3/c27-23-11-9-22(17-24(23)28)20-7-5-19(6-8-20)18-30-13-15-31(16-14-30)26-12-10-21-3-1-2-4-25(21)29-26/h1-12,17H,13-16,18H2. The Hall–Kier alpha value is -2.59. The number of hydrogen-bond donors (Lipinski definition) is 0. The zero-order valence-electron chi connectivity index (χ0n) is 17.1. The molecule has 3 nitrogen and oxygen atoms in total. The van der Waals surface area contributed by atoms with E-state index in [1.165, 1.54) is 10.9 Å². The average Bonchev–Trinajstić information content (AvgIpc) is 2.82. The van der Waals surface area contributed by atoms with Crippen LogP contribution in [0.25, 0.3) is 22.0 Å². The SMILES string of the molecule is Clc1ccc(-c2ccc(CN3CCN(c4ccc5ccccc5n4)CC3)cc2)cc1Cl.